The number of ether oxygens (including phenoxy) is 1. The van der Waals surface area contributed by atoms with E-state index in [1.54, 1.807) is 13.1 Å². The van der Waals surface area contributed by atoms with Gasteiger partial charge in [-0.15, -0.1) is 0 Å². The summed E-state index contributed by atoms with van der Waals surface area (Å²) >= 11 is 0. The minimum absolute atomic E-state index is 0.384. The summed E-state index contributed by atoms with van der Waals surface area (Å²) in [6.45, 7) is 16.1. The van der Waals surface area contributed by atoms with Crippen LogP contribution in [-0.4, -0.2) is 16.6 Å². The van der Waals surface area contributed by atoms with Gasteiger partial charge < -0.3 is 4.74 Å². The number of carbonyl (C=O) groups is 1. The zero-order valence-electron chi connectivity index (χ0n) is 9.25. The Labute approximate surface area is 87.4 Å². The Morgan fingerprint density at radius 3 is 2.00 bits per heavy atom. The third-order valence-electron chi connectivity index (χ3n) is 1.26. The van der Waals surface area contributed by atoms with Gasteiger partial charge in [0.1, 0.15) is 5.60 Å². The van der Waals surface area contributed by atoms with Crippen LogP contribution >= 0.6 is 0 Å². The Hall–Kier alpha value is -0.730. The summed E-state index contributed by atoms with van der Waals surface area (Å²) in [6, 6.07) is 0. The van der Waals surface area contributed by atoms with Crippen molar-refractivity contribution in [3.05, 3.63) is 26.9 Å². The van der Waals surface area contributed by atoms with E-state index in [0.717, 1.165) is 0 Å². The molecule has 0 unspecified atom stereocenters. The molecule has 0 aromatic rings. The van der Waals surface area contributed by atoms with E-state index in [-0.39, 0.29) is 6.09 Å². The van der Waals surface area contributed by atoms with Crippen molar-refractivity contribution in [1.82, 2.24) is 4.90 Å². The van der Waals surface area contributed by atoms with Crippen LogP contribution in [0.3, 0.4) is 0 Å². The highest BCUT2D eigenvalue weighted by molar-refractivity contribution is 5.69. The van der Waals surface area contributed by atoms with Gasteiger partial charge in [0.2, 0.25) is 0 Å². The lowest BCUT2D eigenvalue weighted by Crippen LogP contribution is -2.33. The molecule has 0 aliphatic carbocycles. The van der Waals surface area contributed by atoms with E-state index in [2.05, 4.69) is 13.8 Å². The van der Waals surface area contributed by atoms with Gasteiger partial charge in [-0.25, -0.2) is 4.79 Å². The van der Waals surface area contributed by atoms with Gasteiger partial charge in [-0.1, -0.05) is 13.8 Å². The normalized spacial score (nSPS) is 11.2. The standard InChI is InChI=1S/C11H19NO2/c1-6-8-12(9-7-2)10(13)14-11(3,4)5/h8-9H,1-2,6-7H2,3-5H3. The van der Waals surface area contributed by atoms with E-state index in [1.165, 1.54) is 4.90 Å². The fourth-order valence-electron chi connectivity index (χ4n) is 0.816. The van der Waals surface area contributed by atoms with Crippen molar-refractivity contribution in [3.63, 3.8) is 0 Å². The lowest BCUT2D eigenvalue weighted by molar-refractivity contribution is 0.0345. The molecule has 4 radical (unpaired) electrons. The molecule has 0 fully saturated rings. The minimum atomic E-state index is -0.473. The van der Waals surface area contributed by atoms with E-state index >= 15 is 0 Å². The molecule has 1 amide bonds. The third kappa shape index (κ3) is 5.84. The van der Waals surface area contributed by atoms with Crippen LogP contribution in [0.25, 0.3) is 0 Å². The Bertz CT molecular complexity index is 167. The van der Waals surface area contributed by atoms with Crippen LogP contribution in [0.1, 0.15) is 33.6 Å². The second kappa shape index (κ2) is 5.89. The average Bonchev–Trinajstić information content (AvgIpc) is 2.01. The van der Waals surface area contributed by atoms with Crippen molar-refractivity contribution >= 4 is 6.09 Å². The second-order valence-electron chi connectivity index (χ2n) is 3.83. The quantitative estimate of drug-likeness (QED) is 0.693. The zero-order valence-corrected chi connectivity index (χ0v) is 9.25. The molecule has 0 bridgehead atoms. The molecule has 80 valence electrons. The smallest absolute Gasteiger partial charge is 0.410 e. The summed E-state index contributed by atoms with van der Waals surface area (Å²) in [5.41, 5.74) is -0.473. The molecule has 0 aromatic carbocycles. The van der Waals surface area contributed by atoms with Crippen LogP contribution in [0.4, 0.5) is 4.79 Å². The highest BCUT2D eigenvalue weighted by Gasteiger charge is 2.21. The van der Waals surface area contributed by atoms with Crippen molar-refractivity contribution in [2.24, 2.45) is 0 Å². The molecule has 0 aliphatic heterocycles. The van der Waals surface area contributed by atoms with E-state index in [9.17, 15) is 4.79 Å². The Balaban J connectivity index is 4.14. The van der Waals surface area contributed by atoms with Crippen molar-refractivity contribution in [2.45, 2.75) is 39.2 Å². The maximum atomic E-state index is 11.5. The molecule has 0 heterocycles. The number of amides is 1. The van der Waals surface area contributed by atoms with Gasteiger partial charge in [0, 0.05) is 0 Å². The minimum Gasteiger partial charge on any atom is -0.444 e. The molecule has 3 nitrogen and oxygen atoms in total. The largest absolute Gasteiger partial charge is 0.444 e. The summed E-state index contributed by atoms with van der Waals surface area (Å²) in [5, 5.41) is 0. The topological polar surface area (TPSA) is 29.5 Å². The van der Waals surface area contributed by atoms with Crippen LogP contribution in [0, 0.1) is 26.9 Å². The van der Waals surface area contributed by atoms with Gasteiger partial charge in [0.15, 0.2) is 0 Å². The summed E-state index contributed by atoms with van der Waals surface area (Å²) in [6.07, 6.45) is 0.690. The van der Waals surface area contributed by atoms with Crippen LogP contribution < -0.4 is 0 Å². The predicted molar refractivity (Wildman–Crippen MR) is 56.6 cm³/mol. The average molecular weight is 197 g/mol. The van der Waals surface area contributed by atoms with Crippen molar-refractivity contribution in [1.29, 1.82) is 0 Å². The molecule has 0 saturated heterocycles. The molecule has 0 aromatic heterocycles. The monoisotopic (exact) mass is 197 g/mol. The van der Waals surface area contributed by atoms with Gasteiger partial charge in [-0.2, -0.15) is 0 Å². The van der Waals surface area contributed by atoms with Gasteiger partial charge >= 0.3 is 6.09 Å². The zero-order chi connectivity index (χ0) is 11.2. The predicted octanol–water partition coefficient (Wildman–Crippen LogP) is 3.00. The van der Waals surface area contributed by atoms with Crippen molar-refractivity contribution in [3.8, 4) is 0 Å². The molecule has 14 heavy (non-hydrogen) atoms. The first-order chi connectivity index (χ1) is 6.40. The first-order valence-electron chi connectivity index (χ1n) is 4.67. The second-order valence-corrected chi connectivity index (χ2v) is 3.83. The summed E-state index contributed by atoms with van der Waals surface area (Å²) in [7, 11) is 0. The molecule has 3 heteroatoms. The Morgan fingerprint density at radius 2 is 1.71 bits per heavy atom. The number of carbonyl (C=O) groups excluding carboxylic acids is 1. The number of nitrogens with zero attached hydrogens (tertiary/aromatic N) is 1. The van der Waals surface area contributed by atoms with E-state index in [0.29, 0.717) is 12.8 Å². The van der Waals surface area contributed by atoms with Crippen LogP contribution in [-0.2, 0) is 4.74 Å². The van der Waals surface area contributed by atoms with E-state index in [1.807, 2.05) is 20.8 Å². The lowest BCUT2D eigenvalue weighted by Gasteiger charge is -2.26. The Morgan fingerprint density at radius 1 is 1.29 bits per heavy atom. The van der Waals surface area contributed by atoms with Gasteiger partial charge in [0.05, 0.1) is 13.1 Å². The number of hydrogen-bond acceptors (Lipinski definition) is 2. The molecule has 0 rings (SSSR count). The third-order valence-corrected chi connectivity index (χ3v) is 1.26. The fourth-order valence-corrected chi connectivity index (χ4v) is 0.816. The molecule has 0 aliphatic rings. The van der Waals surface area contributed by atoms with E-state index in [4.69, 9.17) is 4.74 Å². The van der Waals surface area contributed by atoms with Crippen molar-refractivity contribution in [2.75, 3.05) is 0 Å². The molecule has 0 N–H and O–H groups in total. The SMILES string of the molecule is [CH2]C[CH]N([CH]C[CH2])C(=O)OC(C)(C)C. The molecule has 0 atom stereocenters. The molecule has 0 spiro atoms. The van der Waals surface area contributed by atoms with Gasteiger partial charge in [0.25, 0.3) is 0 Å². The highest BCUT2D eigenvalue weighted by atomic mass is 16.6. The van der Waals surface area contributed by atoms with Crippen LogP contribution in [0.15, 0.2) is 0 Å². The summed E-state index contributed by atoms with van der Waals surface area (Å²) < 4.78 is 5.17. The molecular formula is C11H19NO2. The summed E-state index contributed by atoms with van der Waals surface area (Å²) in [4.78, 5) is 12.9. The Kier molecular flexibility index (Phi) is 5.58. The number of hydrogen-bond donors (Lipinski definition) is 0. The highest BCUT2D eigenvalue weighted by Crippen LogP contribution is 2.13. The van der Waals surface area contributed by atoms with Crippen LogP contribution in [0.5, 0.6) is 0 Å². The first-order valence-corrected chi connectivity index (χ1v) is 4.67. The summed E-state index contributed by atoms with van der Waals surface area (Å²) in [5.74, 6) is 0. The van der Waals surface area contributed by atoms with Gasteiger partial charge in [-0.3, -0.25) is 4.90 Å². The first kappa shape index (κ1) is 13.3. The van der Waals surface area contributed by atoms with E-state index < -0.39 is 5.60 Å². The fraction of sp³-hybridized carbons (Fsp3) is 0.545. The maximum Gasteiger partial charge on any atom is 0.410 e. The van der Waals surface area contributed by atoms with Gasteiger partial charge in [-0.05, 0) is 33.6 Å². The van der Waals surface area contributed by atoms with Crippen molar-refractivity contribution < 1.29 is 9.53 Å². The number of rotatable bonds is 4. The lowest BCUT2D eigenvalue weighted by atomic mass is 10.2. The maximum absolute atomic E-state index is 11.5. The molecule has 0 saturated carbocycles. The molecular weight excluding hydrogens is 178 g/mol. The van der Waals surface area contributed by atoms with Crippen LogP contribution in [0.2, 0.25) is 0 Å².